The first-order valence-corrected chi connectivity index (χ1v) is 9.84. The number of likely N-dealkylation sites (tertiary alicyclic amines) is 1. The number of hydrogen-bond acceptors (Lipinski definition) is 4. The van der Waals surface area contributed by atoms with E-state index in [1.807, 2.05) is 45.0 Å². The Balaban J connectivity index is 1.49. The van der Waals surface area contributed by atoms with E-state index in [1.165, 1.54) is 6.26 Å². The summed E-state index contributed by atoms with van der Waals surface area (Å²) in [5.41, 5.74) is 1.04. The van der Waals surface area contributed by atoms with Crippen molar-refractivity contribution in [2.75, 3.05) is 13.1 Å². The first kappa shape index (κ1) is 20.0. The lowest BCUT2D eigenvalue weighted by Crippen LogP contribution is -2.43. The van der Waals surface area contributed by atoms with Crippen LogP contribution in [0.5, 0.6) is 5.75 Å². The summed E-state index contributed by atoms with van der Waals surface area (Å²) in [7, 11) is 0. The van der Waals surface area contributed by atoms with Crippen LogP contribution in [0.1, 0.15) is 55.8 Å². The van der Waals surface area contributed by atoms with Gasteiger partial charge in [0.25, 0.3) is 5.91 Å². The Hall–Kier alpha value is -2.76. The Labute approximate surface area is 165 Å². The van der Waals surface area contributed by atoms with E-state index in [0.717, 1.165) is 11.3 Å². The van der Waals surface area contributed by atoms with E-state index in [1.54, 1.807) is 17.0 Å². The Kier molecular flexibility index (Phi) is 6.39. The van der Waals surface area contributed by atoms with Crippen molar-refractivity contribution in [2.24, 2.45) is 5.92 Å². The molecule has 1 aromatic heterocycles. The Morgan fingerprint density at radius 1 is 1.11 bits per heavy atom. The molecule has 3 rings (SSSR count). The van der Waals surface area contributed by atoms with Gasteiger partial charge >= 0.3 is 0 Å². The molecule has 6 heteroatoms. The molecule has 0 aliphatic carbocycles. The van der Waals surface area contributed by atoms with Crippen molar-refractivity contribution in [2.45, 2.75) is 45.8 Å². The molecule has 0 radical (unpaired) electrons. The van der Waals surface area contributed by atoms with E-state index in [0.29, 0.717) is 31.7 Å². The standard InChI is InChI=1S/C22H28N2O4/c1-15(2)28-19-8-6-17(7-9-19)16(3)23-21(25)18-10-12-24(13-11-18)22(26)20-5-4-14-27-20/h4-9,14-16,18H,10-13H2,1-3H3,(H,23,25). The van der Waals surface area contributed by atoms with Crippen LogP contribution < -0.4 is 10.1 Å². The van der Waals surface area contributed by atoms with Gasteiger partial charge < -0.3 is 19.4 Å². The molecule has 2 aromatic rings. The number of piperidine rings is 1. The SMILES string of the molecule is CC(C)Oc1ccc(C(C)NC(=O)C2CCN(C(=O)c3ccco3)CC2)cc1. The van der Waals surface area contributed by atoms with Crippen LogP contribution in [0.15, 0.2) is 47.1 Å². The number of hydrogen-bond donors (Lipinski definition) is 1. The maximum atomic E-state index is 12.6. The van der Waals surface area contributed by atoms with E-state index < -0.39 is 0 Å². The van der Waals surface area contributed by atoms with Crippen LogP contribution in [0.4, 0.5) is 0 Å². The molecule has 2 heterocycles. The summed E-state index contributed by atoms with van der Waals surface area (Å²) in [6, 6.07) is 11.1. The molecule has 1 atom stereocenters. The Morgan fingerprint density at radius 2 is 1.79 bits per heavy atom. The molecule has 0 spiro atoms. The minimum atomic E-state index is -0.110. The second kappa shape index (κ2) is 8.95. The predicted octanol–water partition coefficient (Wildman–Crippen LogP) is 3.80. The van der Waals surface area contributed by atoms with Gasteiger partial charge in [0.15, 0.2) is 5.76 Å². The molecule has 1 aliphatic heterocycles. The molecule has 1 N–H and O–H groups in total. The number of carbonyl (C=O) groups is 2. The van der Waals surface area contributed by atoms with Gasteiger partial charge in [-0.15, -0.1) is 0 Å². The van der Waals surface area contributed by atoms with Crippen molar-refractivity contribution < 1.29 is 18.7 Å². The van der Waals surface area contributed by atoms with Crippen molar-refractivity contribution in [3.8, 4) is 5.75 Å². The van der Waals surface area contributed by atoms with Gasteiger partial charge in [-0.25, -0.2) is 0 Å². The second-order valence-electron chi connectivity index (χ2n) is 7.51. The highest BCUT2D eigenvalue weighted by Crippen LogP contribution is 2.22. The van der Waals surface area contributed by atoms with Crippen LogP contribution in [0.25, 0.3) is 0 Å². The minimum Gasteiger partial charge on any atom is -0.491 e. The zero-order chi connectivity index (χ0) is 20.1. The van der Waals surface area contributed by atoms with E-state index in [2.05, 4.69) is 5.32 Å². The molecule has 150 valence electrons. The number of ether oxygens (including phenoxy) is 1. The third kappa shape index (κ3) is 4.94. The fourth-order valence-electron chi connectivity index (χ4n) is 3.42. The van der Waals surface area contributed by atoms with Gasteiger partial charge in [0.1, 0.15) is 5.75 Å². The predicted molar refractivity (Wildman–Crippen MR) is 106 cm³/mol. The summed E-state index contributed by atoms with van der Waals surface area (Å²) in [5, 5.41) is 3.10. The van der Waals surface area contributed by atoms with E-state index >= 15 is 0 Å². The normalized spacial score (nSPS) is 16.1. The van der Waals surface area contributed by atoms with E-state index in [-0.39, 0.29) is 29.9 Å². The van der Waals surface area contributed by atoms with Crippen molar-refractivity contribution >= 4 is 11.8 Å². The highest BCUT2D eigenvalue weighted by Gasteiger charge is 2.29. The van der Waals surface area contributed by atoms with Crippen molar-refractivity contribution in [3.05, 3.63) is 54.0 Å². The van der Waals surface area contributed by atoms with Gasteiger partial charge in [0.05, 0.1) is 18.4 Å². The number of furan rings is 1. The lowest BCUT2D eigenvalue weighted by atomic mass is 9.95. The van der Waals surface area contributed by atoms with Gasteiger partial charge in [-0.05, 0) is 63.4 Å². The third-order valence-corrected chi connectivity index (χ3v) is 5.00. The number of carbonyl (C=O) groups excluding carboxylic acids is 2. The number of nitrogens with one attached hydrogen (secondary N) is 1. The lowest BCUT2D eigenvalue weighted by Gasteiger charge is -2.31. The van der Waals surface area contributed by atoms with Gasteiger partial charge in [0.2, 0.25) is 5.91 Å². The topological polar surface area (TPSA) is 71.8 Å². The molecular formula is C22H28N2O4. The zero-order valence-electron chi connectivity index (χ0n) is 16.7. The zero-order valence-corrected chi connectivity index (χ0v) is 16.7. The molecule has 6 nitrogen and oxygen atoms in total. The van der Waals surface area contributed by atoms with Crippen molar-refractivity contribution in [1.82, 2.24) is 10.2 Å². The van der Waals surface area contributed by atoms with Crippen LogP contribution in [0, 0.1) is 5.92 Å². The summed E-state index contributed by atoms with van der Waals surface area (Å²) in [6.07, 6.45) is 2.95. The van der Waals surface area contributed by atoms with Gasteiger partial charge in [-0.3, -0.25) is 9.59 Å². The monoisotopic (exact) mass is 384 g/mol. The number of nitrogens with zero attached hydrogens (tertiary/aromatic N) is 1. The maximum Gasteiger partial charge on any atom is 0.289 e. The smallest absolute Gasteiger partial charge is 0.289 e. The van der Waals surface area contributed by atoms with Gasteiger partial charge in [0, 0.05) is 19.0 Å². The lowest BCUT2D eigenvalue weighted by molar-refractivity contribution is -0.127. The largest absolute Gasteiger partial charge is 0.491 e. The van der Waals surface area contributed by atoms with Crippen LogP contribution in [-0.2, 0) is 4.79 Å². The minimum absolute atomic E-state index is 0.0418. The average Bonchev–Trinajstić information content (AvgIpc) is 3.22. The highest BCUT2D eigenvalue weighted by molar-refractivity contribution is 5.91. The molecule has 1 aromatic carbocycles. The molecule has 0 saturated carbocycles. The number of amides is 2. The summed E-state index contributed by atoms with van der Waals surface area (Å²) >= 11 is 0. The number of rotatable bonds is 6. The molecule has 0 bridgehead atoms. The van der Waals surface area contributed by atoms with Crippen molar-refractivity contribution in [1.29, 1.82) is 0 Å². The summed E-state index contributed by atoms with van der Waals surface area (Å²) in [6.45, 7) is 7.08. The highest BCUT2D eigenvalue weighted by atomic mass is 16.5. The summed E-state index contributed by atoms with van der Waals surface area (Å²) in [4.78, 5) is 26.7. The molecule has 2 amide bonds. The molecule has 1 saturated heterocycles. The molecule has 1 unspecified atom stereocenters. The fourth-order valence-corrected chi connectivity index (χ4v) is 3.42. The van der Waals surface area contributed by atoms with Crippen LogP contribution in [0.2, 0.25) is 0 Å². The summed E-state index contributed by atoms with van der Waals surface area (Å²) in [5.74, 6) is 1.03. The third-order valence-electron chi connectivity index (χ3n) is 5.00. The summed E-state index contributed by atoms with van der Waals surface area (Å²) < 4.78 is 10.8. The van der Waals surface area contributed by atoms with E-state index in [4.69, 9.17) is 9.15 Å². The van der Waals surface area contributed by atoms with Crippen LogP contribution in [-0.4, -0.2) is 35.9 Å². The molecular weight excluding hydrogens is 356 g/mol. The van der Waals surface area contributed by atoms with Crippen LogP contribution >= 0.6 is 0 Å². The second-order valence-corrected chi connectivity index (χ2v) is 7.51. The van der Waals surface area contributed by atoms with Gasteiger partial charge in [-0.2, -0.15) is 0 Å². The first-order valence-electron chi connectivity index (χ1n) is 9.84. The first-order chi connectivity index (χ1) is 13.4. The van der Waals surface area contributed by atoms with E-state index in [9.17, 15) is 9.59 Å². The van der Waals surface area contributed by atoms with Crippen molar-refractivity contribution in [3.63, 3.8) is 0 Å². The Morgan fingerprint density at radius 3 is 2.36 bits per heavy atom. The molecule has 1 fully saturated rings. The quantitative estimate of drug-likeness (QED) is 0.822. The fraction of sp³-hybridized carbons (Fsp3) is 0.455. The maximum absolute atomic E-state index is 12.6. The Bertz CT molecular complexity index is 775. The molecule has 28 heavy (non-hydrogen) atoms. The molecule has 1 aliphatic rings. The van der Waals surface area contributed by atoms with Crippen LogP contribution in [0.3, 0.4) is 0 Å². The van der Waals surface area contributed by atoms with Gasteiger partial charge in [-0.1, -0.05) is 12.1 Å². The average molecular weight is 384 g/mol. The number of benzene rings is 1.